The second kappa shape index (κ2) is 7.88. The van der Waals surface area contributed by atoms with Crippen LogP contribution in [-0.4, -0.2) is 17.9 Å². The number of hydrogen-bond acceptors (Lipinski definition) is 3. The molecule has 0 bridgehead atoms. The third kappa shape index (κ3) is 4.09. The van der Waals surface area contributed by atoms with Crippen molar-refractivity contribution in [3.8, 4) is 0 Å². The van der Waals surface area contributed by atoms with E-state index in [-0.39, 0.29) is 5.91 Å². The van der Waals surface area contributed by atoms with E-state index in [1.807, 2.05) is 54.6 Å². The fourth-order valence-corrected chi connectivity index (χ4v) is 3.32. The largest absolute Gasteiger partial charge is 0.459 e. The van der Waals surface area contributed by atoms with Crippen molar-refractivity contribution in [2.24, 2.45) is 0 Å². The highest BCUT2D eigenvalue weighted by Gasteiger charge is 2.19. The SMILES string of the molecule is CN(Cc1ccccc1)C(=O)c1occc1CSc1ccccc1. The molecular formula is C20H19NO2S. The molecule has 3 aromatic rings. The average Bonchev–Trinajstić information content (AvgIpc) is 3.09. The summed E-state index contributed by atoms with van der Waals surface area (Å²) in [5.74, 6) is 1.05. The minimum Gasteiger partial charge on any atom is -0.459 e. The monoisotopic (exact) mass is 337 g/mol. The first kappa shape index (κ1) is 16.4. The molecule has 0 spiro atoms. The Balaban J connectivity index is 1.66. The molecule has 4 heteroatoms. The molecule has 0 N–H and O–H groups in total. The molecule has 3 nitrogen and oxygen atoms in total. The molecule has 0 radical (unpaired) electrons. The molecule has 0 saturated carbocycles. The number of furan rings is 1. The first-order chi connectivity index (χ1) is 11.7. The van der Waals surface area contributed by atoms with Crippen LogP contribution in [0.5, 0.6) is 0 Å². The molecular weight excluding hydrogens is 318 g/mol. The summed E-state index contributed by atoms with van der Waals surface area (Å²) in [5, 5.41) is 0. The number of carbonyl (C=O) groups excluding carboxylic acids is 1. The van der Waals surface area contributed by atoms with E-state index in [9.17, 15) is 4.79 Å². The predicted octanol–water partition coefficient (Wildman–Crippen LogP) is 4.84. The van der Waals surface area contributed by atoms with E-state index in [4.69, 9.17) is 4.42 Å². The normalized spacial score (nSPS) is 10.5. The van der Waals surface area contributed by atoms with Crippen LogP contribution in [0.4, 0.5) is 0 Å². The lowest BCUT2D eigenvalue weighted by molar-refractivity contribution is 0.0752. The van der Waals surface area contributed by atoms with Crippen LogP contribution in [-0.2, 0) is 12.3 Å². The van der Waals surface area contributed by atoms with E-state index < -0.39 is 0 Å². The molecule has 0 aliphatic carbocycles. The summed E-state index contributed by atoms with van der Waals surface area (Å²) in [6, 6.07) is 22.0. The van der Waals surface area contributed by atoms with Crippen LogP contribution in [0, 0.1) is 0 Å². The Labute approximate surface area is 146 Å². The molecule has 2 aromatic carbocycles. The van der Waals surface area contributed by atoms with Gasteiger partial charge in [-0.15, -0.1) is 11.8 Å². The van der Waals surface area contributed by atoms with Gasteiger partial charge in [-0.25, -0.2) is 0 Å². The fourth-order valence-electron chi connectivity index (χ4n) is 2.42. The predicted molar refractivity (Wildman–Crippen MR) is 97.0 cm³/mol. The topological polar surface area (TPSA) is 33.5 Å². The van der Waals surface area contributed by atoms with Gasteiger partial charge in [-0.1, -0.05) is 48.5 Å². The van der Waals surface area contributed by atoms with E-state index in [1.165, 1.54) is 4.90 Å². The smallest absolute Gasteiger partial charge is 0.289 e. The molecule has 122 valence electrons. The second-order valence-electron chi connectivity index (χ2n) is 5.52. The zero-order valence-electron chi connectivity index (χ0n) is 13.5. The van der Waals surface area contributed by atoms with Crippen LogP contribution < -0.4 is 0 Å². The Hall–Kier alpha value is -2.46. The van der Waals surface area contributed by atoms with E-state index in [0.717, 1.165) is 11.1 Å². The summed E-state index contributed by atoms with van der Waals surface area (Å²) in [7, 11) is 1.80. The molecule has 0 atom stereocenters. The van der Waals surface area contributed by atoms with Gasteiger partial charge in [-0.05, 0) is 23.8 Å². The number of thioether (sulfide) groups is 1. The minimum atomic E-state index is -0.0903. The number of amides is 1. The van der Waals surface area contributed by atoms with Gasteiger partial charge in [0.2, 0.25) is 0 Å². The van der Waals surface area contributed by atoms with Crippen molar-refractivity contribution in [2.45, 2.75) is 17.2 Å². The molecule has 0 aliphatic rings. The molecule has 0 unspecified atom stereocenters. The third-order valence-corrected chi connectivity index (χ3v) is 4.75. The summed E-state index contributed by atoms with van der Waals surface area (Å²) < 4.78 is 5.47. The first-order valence-electron chi connectivity index (χ1n) is 7.77. The standard InChI is InChI=1S/C20H19NO2S/c1-21(14-16-8-4-2-5-9-16)20(22)19-17(12-13-23-19)15-24-18-10-6-3-7-11-18/h2-13H,14-15H2,1H3. The van der Waals surface area contributed by atoms with E-state index >= 15 is 0 Å². The van der Waals surface area contributed by atoms with Crippen molar-refractivity contribution >= 4 is 17.7 Å². The Morgan fingerprint density at radius 1 is 1.00 bits per heavy atom. The Kier molecular flexibility index (Phi) is 5.39. The van der Waals surface area contributed by atoms with Crippen LogP contribution in [0.25, 0.3) is 0 Å². The number of benzene rings is 2. The van der Waals surface area contributed by atoms with Crippen molar-refractivity contribution in [1.82, 2.24) is 4.90 Å². The molecule has 1 aromatic heterocycles. The first-order valence-corrected chi connectivity index (χ1v) is 8.76. The maximum absolute atomic E-state index is 12.7. The van der Waals surface area contributed by atoms with Gasteiger partial charge in [0.25, 0.3) is 5.91 Å². The van der Waals surface area contributed by atoms with Gasteiger partial charge in [-0.2, -0.15) is 0 Å². The quantitative estimate of drug-likeness (QED) is 0.603. The van der Waals surface area contributed by atoms with E-state index in [0.29, 0.717) is 18.1 Å². The van der Waals surface area contributed by atoms with Crippen LogP contribution in [0.3, 0.4) is 0 Å². The van der Waals surface area contributed by atoms with Crippen LogP contribution in [0.2, 0.25) is 0 Å². The lowest BCUT2D eigenvalue weighted by Gasteiger charge is -2.16. The number of rotatable bonds is 6. The summed E-state index contributed by atoms with van der Waals surface area (Å²) in [5.41, 5.74) is 2.02. The summed E-state index contributed by atoms with van der Waals surface area (Å²) in [6.07, 6.45) is 1.59. The summed E-state index contributed by atoms with van der Waals surface area (Å²) in [4.78, 5) is 15.5. The van der Waals surface area contributed by atoms with E-state index in [1.54, 1.807) is 30.0 Å². The van der Waals surface area contributed by atoms with Gasteiger partial charge in [0, 0.05) is 29.8 Å². The Morgan fingerprint density at radius 3 is 2.38 bits per heavy atom. The summed E-state index contributed by atoms with van der Waals surface area (Å²) >= 11 is 1.69. The maximum atomic E-state index is 12.7. The van der Waals surface area contributed by atoms with Crippen molar-refractivity contribution in [3.05, 3.63) is 89.9 Å². The van der Waals surface area contributed by atoms with Crippen LogP contribution in [0.15, 0.2) is 82.3 Å². The van der Waals surface area contributed by atoms with Crippen LogP contribution in [0.1, 0.15) is 21.7 Å². The lowest BCUT2D eigenvalue weighted by atomic mass is 10.2. The fraction of sp³-hybridized carbons (Fsp3) is 0.150. The molecule has 24 heavy (non-hydrogen) atoms. The van der Waals surface area contributed by atoms with Gasteiger partial charge in [0.05, 0.1) is 6.26 Å². The number of hydrogen-bond donors (Lipinski definition) is 0. The van der Waals surface area contributed by atoms with Gasteiger partial charge >= 0.3 is 0 Å². The minimum absolute atomic E-state index is 0.0903. The van der Waals surface area contributed by atoms with Crippen LogP contribution >= 0.6 is 11.8 Å². The van der Waals surface area contributed by atoms with Gasteiger partial charge < -0.3 is 9.32 Å². The zero-order valence-corrected chi connectivity index (χ0v) is 14.3. The second-order valence-corrected chi connectivity index (χ2v) is 6.57. The molecule has 3 rings (SSSR count). The zero-order chi connectivity index (χ0) is 16.8. The van der Waals surface area contributed by atoms with Crippen molar-refractivity contribution < 1.29 is 9.21 Å². The highest BCUT2D eigenvalue weighted by molar-refractivity contribution is 7.98. The van der Waals surface area contributed by atoms with Crippen molar-refractivity contribution in [3.63, 3.8) is 0 Å². The van der Waals surface area contributed by atoms with Crippen molar-refractivity contribution in [1.29, 1.82) is 0 Å². The van der Waals surface area contributed by atoms with Crippen molar-refractivity contribution in [2.75, 3.05) is 7.05 Å². The van der Waals surface area contributed by atoms with E-state index in [2.05, 4.69) is 12.1 Å². The highest BCUT2D eigenvalue weighted by Crippen LogP contribution is 2.25. The Bertz CT molecular complexity index is 784. The number of carbonyl (C=O) groups is 1. The maximum Gasteiger partial charge on any atom is 0.289 e. The molecule has 1 heterocycles. The Morgan fingerprint density at radius 2 is 1.67 bits per heavy atom. The molecule has 0 saturated heterocycles. The summed E-state index contributed by atoms with van der Waals surface area (Å²) in [6.45, 7) is 0.561. The molecule has 1 amide bonds. The molecule has 0 fully saturated rings. The number of nitrogens with zero attached hydrogens (tertiary/aromatic N) is 1. The van der Waals surface area contributed by atoms with Gasteiger partial charge in [0.1, 0.15) is 0 Å². The average molecular weight is 337 g/mol. The molecule has 0 aliphatic heterocycles. The van der Waals surface area contributed by atoms with Gasteiger partial charge in [-0.3, -0.25) is 4.79 Å². The highest BCUT2D eigenvalue weighted by atomic mass is 32.2. The third-order valence-electron chi connectivity index (χ3n) is 3.69. The van der Waals surface area contributed by atoms with Gasteiger partial charge in [0.15, 0.2) is 5.76 Å². The lowest BCUT2D eigenvalue weighted by Crippen LogP contribution is -2.26.